The number of halogens is 1. The number of phenols is 2. The Morgan fingerprint density at radius 2 is 1.80 bits per heavy atom. The van der Waals surface area contributed by atoms with E-state index in [2.05, 4.69) is 4.90 Å². The lowest BCUT2D eigenvalue weighted by Gasteiger charge is -2.29. The number of aliphatic hydroxyl groups excluding tert-OH is 1. The molecule has 1 atom stereocenters. The Morgan fingerprint density at radius 1 is 1.08 bits per heavy atom. The van der Waals surface area contributed by atoms with Gasteiger partial charge >= 0.3 is 0 Å². The van der Waals surface area contributed by atoms with E-state index >= 15 is 0 Å². The number of rotatable bonds is 7. The average Bonchev–Trinajstić information content (AvgIpc) is 2.56. The van der Waals surface area contributed by atoms with Crippen molar-refractivity contribution >= 4 is 11.6 Å². The smallest absolute Gasteiger partial charge is 0.157 e. The molecule has 2 aromatic rings. The van der Waals surface area contributed by atoms with Crippen molar-refractivity contribution in [2.45, 2.75) is 32.5 Å². The summed E-state index contributed by atoms with van der Waals surface area (Å²) < 4.78 is 5.17. The standard InChI is InChI=1S/C19H24ClNO4/c1-12(2)21(10-13-4-7-19(25-3)15(20)8-13)11-18(24)14-5-6-16(22)17(23)9-14/h4-9,12,18,22-24H,10-11H2,1-3H3/t18-/m0/s1. The first kappa shape index (κ1) is 19.4. The molecule has 0 amide bonds. The molecule has 0 aliphatic carbocycles. The molecule has 0 saturated heterocycles. The Labute approximate surface area is 153 Å². The van der Waals surface area contributed by atoms with Crippen molar-refractivity contribution in [2.24, 2.45) is 0 Å². The zero-order valence-electron chi connectivity index (χ0n) is 14.6. The number of nitrogens with zero attached hydrogens (tertiary/aromatic N) is 1. The largest absolute Gasteiger partial charge is 0.504 e. The van der Waals surface area contributed by atoms with Gasteiger partial charge in [0.15, 0.2) is 11.5 Å². The lowest BCUT2D eigenvalue weighted by atomic mass is 10.1. The molecule has 0 heterocycles. The third-order valence-corrected chi connectivity index (χ3v) is 4.42. The Kier molecular flexibility index (Phi) is 6.53. The normalized spacial score (nSPS) is 12.6. The number of aromatic hydroxyl groups is 2. The fourth-order valence-corrected chi connectivity index (χ4v) is 2.86. The van der Waals surface area contributed by atoms with Crippen molar-refractivity contribution in [2.75, 3.05) is 13.7 Å². The van der Waals surface area contributed by atoms with Crippen LogP contribution in [-0.2, 0) is 6.54 Å². The summed E-state index contributed by atoms with van der Waals surface area (Å²) >= 11 is 6.18. The first-order chi connectivity index (χ1) is 11.8. The van der Waals surface area contributed by atoms with Crippen molar-refractivity contribution in [3.63, 3.8) is 0 Å². The molecule has 0 unspecified atom stereocenters. The quantitative estimate of drug-likeness (QED) is 0.652. The molecule has 0 aromatic heterocycles. The predicted octanol–water partition coefficient (Wildman–Crippen LogP) is 3.70. The molecule has 3 N–H and O–H groups in total. The summed E-state index contributed by atoms with van der Waals surface area (Å²) in [6.45, 7) is 5.09. The van der Waals surface area contributed by atoms with Gasteiger partial charge in [0, 0.05) is 19.1 Å². The summed E-state index contributed by atoms with van der Waals surface area (Å²) in [5.74, 6) is 0.181. The lowest BCUT2D eigenvalue weighted by molar-refractivity contribution is 0.0906. The fraction of sp³-hybridized carbons (Fsp3) is 0.368. The first-order valence-corrected chi connectivity index (χ1v) is 8.46. The highest BCUT2D eigenvalue weighted by atomic mass is 35.5. The minimum Gasteiger partial charge on any atom is -0.504 e. The van der Waals surface area contributed by atoms with Crippen LogP contribution in [-0.4, -0.2) is 39.9 Å². The zero-order chi connectivity index (χ0) is 18.6. The summed E-state index contributed by atoms with van der Waals surface area (Å²) in [7, 11) is 1.57. The second kappa shape index (κ2) is 8.43. The number of hydrogen-bond donors (Lipinski definition) is 3. The molecule has 0 spiro atoms. The monoisotopic (exact) mass is 365 g/mol. The first-order valence-electron chi connectivity index (χ1n) is 8.08. The van der Waals surface area contributed by atoms with Gasteiger partial charge in [-0.3, -0.25) is 4.90 Å². The van der Waals surface area contributed by atoms with Gasteiger partial charge in [-0.15, -0.1) is 0 Å². The number of hydrogen-bond acceptors (Lipinski definition) is 5. The molecule has 136 valence electrons. The number of benzene rings is 2. The van der Waals surface area contributed by atoms with Crippen molar-refractivity contribution < 1.29 is 20.1 Å². The van der Waals surface area contributed by atoms with Crippen molar-refractivity contribution in [3.05, 3.63) is 52.5 Å². The summed E-state index contributed by atoms with van der Waals surface area (Å²) in [5.41, 5.74) is 1.56. The lowest BCUT2D eigenvalue weighted by Crippen LogP contribution is -2.34. The van der Waals surface area contributed by atoms with Crippen LogP contribution in [0.15, 0.2) is 36.4 Å². The van der Waals surface area contributed by atoms with E-state index in [4.69, 9.17) is 16.3 Å². The van der Waals surface area contributed by atoms with Crippen LogP contribution in [0.5, 0.6) is 17.2 Å². The highest BCUT2D eigenvalue weighted by Gasteiger charge is 2.18. The zero-order valence-corrected chi connectivity index (χ0v) is 15.4. The maximum atomic E-state index is 10.5. The molecule has 6 heteroatoms. The minimum absolute atomic E-state index is 0.196. The molecule has 0 aliphatic rings. The van der Waals surface area contributed by atoms with E-state index in [0.717, 1.165) is 5.56 Å². The van der Waals surface area contributed by atoms with E-state index in [0.29, 0.717) is 29.4 Å². The van der Waals surface area contributed by atoms with Gasteiger partial charge in [-0.05, 0) is 49.2 Å². The van der Waals surface area contributed by atoms with Crippen LogP contribution < -0.4 is 4.74 Å². The topological polar surface area (TPSA) is 73.2 Å². The highest BCUT2D eigenvalue weighted by molar-refractivity contribution is 6.32. The molecule has 0 aliphatic heterocycles. The van der Waals surface area contributed by atoms with E-state index in [1.807, 2.05) is 32.0 Å². The molecule has 5 nitrogen and oxygen atoms in total. The molecule has 0 saturated carbocycles. The third kappa shape index (κ3) is 5.01. The molecule has 2 aromatic carbocycles. The molecule has 0 fully saturated rings. The maximum absolute atomic E-state index is 10.5. The molecule has 0 radical (unpaired) electrons. The predicted molar refractivity (Wildman–Crippen MR) is 98.3 cm³/mol. The molecule has 2 rings (SSSR count). The molecular formula is C19H24ClNO4. The van der Waals surface area contributed by atoms with Crippen LogP contribution in [0.4, 0.5) is 0 Å². The van der Waals surface area contributed by atoms with E-state index in [-0.39, 0.29) is 17.5 Å². The van der Waals surface area contributed by atoms with Crippen LogP contribution in [0.1, 0.15) is 31.1 Å². The van der Waals surface area contributed by atoms with Crippen LogP contribution in [0.25, 0.3) is 0 Å². The number of phenolic OH excluding ortho intramolecular Hbond substituents is 2. The number of aliphatic hydroxyl groups is 1. The SMILES string of the molecule is COc1ccc(CN(C[C@H](O)c2ccc(O)c(O)c2)C(C)C)cc1Cl. The van der Waals surface area contributed by atoms with Gasteiger partial charge in [-0.2, -0.15) is 0 Å². The van der Waals surface area contributed by atoms with E-state index < -0.39 is 6.10 Å². The van der Waals surface area contributed by atoms with E-state index in [1.54, 1.807) is 13.2 Å². The van der Waals surface area contributed by atoms with Crippen molar-refractivity contribution in [1.29, 1.82) is 0 Å². The molecular weight excluding hydrogens is 342 g/mol. The Balaban J connectivity index is 2.12. The minimum atomic E-state index is -0.789. The van der Waals surface area contributed by atoms with E-state index in [1.165, 1.54) is 12.1 Å². The third-order valence-electron chi connectivity index (χ3n) is 4.12. The van der Waals surface area contributed by atoms with Gasteiger partial charge in [-0.25, -0.2) is 0 Å². The Morgan fingerprint density at radius 3 is 2.36 bits per heavy atom. The summed E-state index contributed by atoms with van der Waals surface area (Å²) in [4.78, 5) is 2.10. The number of ether oxygens (including phenoxy) is 1. The summed E-state index contributed by atoms with van der Waals surface area (Å²) in [5, 5.41) is 30.0. The fourth-order valence-electron chi connectivity index (χ4n) is 2.58. The van der Waals surface area contributed by atoms with Crippen LogP contribution >= 0.6 is 11.6 Å². The van der Waals surface area contributed by atoms with Gasteiger partial charge < -0.3 is 20.1 Å². The van der Waals surface area contributed by atoms with Crippen LogP contribution in [0.3, 0.4) is 0 Å². The highest BCUT2D eigenvalue weighted by Crippen LogP contribution is 2.29. The van der Waals surface area contributed by atoms with Crippen molar-refractivity contribution in [1.82, 2.24) is 4.90 Å². The second-order valence-electron chi connectivity index (χ2n) is 6.26. The molecule has 0 bridgehead atoms. The Bertz CT molecular complexity index is 721. The van der Waals surface area contributed by atoms with Crippen LogP contribution in [0, 0.1) is 0 Å². The second-order valence-corrected chi connectivity index (χ2v) is 6.66. The summed E-state index contributed by atoms with van der Waals surface area (Å²) in [6.07, 6.45) is -0.789. The van der Waals surface area contributed by atoms with E-state index in [9.17, 15) is 15.3 Å². The maximum Gasteiger partial charge on any atom is 0.157 e. The Hall–Kier alpha value is -1.95. The van der Waals surface area contributed by atoms with Crippen molar-refractivity contribution in [3.8, 4) is 17.2 Å². The van der Waals surface area contributed by atoms with Gasteiger partial charge in [0.2, 0.25) is 0 Å². The summed E-state index contributed by atoms with van der Waals surface area (Å²) in [6, 6.07) is 10.2. The van der Waals surface area contributed by atoms with Gasteiger partial charge in [0.1, 0.15) is 5.75 Å². The molecule has 25 heavy (non-hydrogen) atoms. The average molecular weight is 366 g/mol. The van der Waals surface area contributed by atoms with Gasteiger partial charge in [0.25, 0.3) is 0 Å². The van der Waals surface area contributed by atoms with Gasteiger partial charge in [-0.1, -0.05) is 23.7 Å². The number of methoxy groups -OCH3 is 1. The van der Waals surface area contributed by atoms with Gasteiger partial charge in [0.05, 0.1) is 18.2 Å². The van der Waals surface area contributed by atoms with Crippen LogP contribution in [0.2, 0.25) is 5.02 Å².